The molecule has 5 atom stereocenters. The minimum atomic E-state index is -1.26. The van der Waals surface area contributed by atoms with Crippen molar-refractivity contribution in [3.05, 3.63) is 54.1 Å². The molecule has 0 saturated carbocycles. The number of carbonyl (C=O) groups excluding carboxylic acids is 7. The molecule has 3 rings (SSSR count). The number of nitrogens with one attached hydrogen (secondary N) is 6. The number of hydrogen-bond acceptors (Lipinski definition) is 8. The van der Waals surface area contributed by atoms with Crippen molar-refractivity contribution >= 4 is 41.2 Å². The maximum Gasteiger partial charge on any atom is 0.243 e. The summed E-state index contributed by atoms with van der Waals surface area (Å²) in [6, 6.07) is 4.52. The fraction of sp³-hybridized carbons (Fsp3) is 0.515. The van der Waals surface area contributed by atoms with Crippen molar-refractivity contribution in [1.82, 2.24) is 36.6 Å². The van der Waals surface area contributed by atoms with E-state index in [2.05, 4.69) is 36.6 Å². The van der Waals surface area contributed by atoms with Crippen LogP contribution in [0.3, 0.4) is 0 Å². The van der Waals surface area contributed by atoms with Crippen LogP contribution in [0.5, 0.6) is 0 Å². The molecular formula is C33H46N8O7. The first-order valence-electron chi connectivity index (χ1n) is 16.2. The van der Waals surface area contributed by atoms with Crippen LogP contribution in [0.4, 0.5) is 0 Å². The predicted molar refractivity (Wildman–Crippen MR) is 175 cm³/mol. The molecule has 1 saturated heterocycles. The van der Waals surface area contributed by atoms with Crippen LogP contribution in [0.25, 0.3) is 0 Å². The van der Waals surface area contributed by atoms with Gasteiger partial charge in [-0.2, -0.15) is 0 Å². The lowest BCUT2D eigenvalue weighted by molar-refractivity contribution is -0.135. The van der Waals surface area contributed by atoms with Gasteiger partial charge in [0.25, 0.3) is 0 Å². The van der Waals surface area contributed by atoms with Crippen LogP contribution in [0.1, 0.15) is 70.1 Å². The number of primary amides is 1. The Labute approximate surface area is 279 Å². The molecule has 0 bridgehead atoms. The molecule has 0 spiro atoms. The Bertz CT molecular complexity index is 1420. The normalized spacial score (nSPS) is 22.0. The highest BCUT2D eigenvalue weighted by molar-refractivity contribution is 5.97. The van der Waals surface area contributed by atoms with Gasteiger partial charge in [0, 0.05) is 50.5 Å². The largest absolute Gasteiger partial charge is 0.369 e. The maximum absolute atomic E-state index is 13.9. The summed E-state index contributed by atoms with van der Waals surface area (Å²) in [4.78, 5) is 98.4. The first-order valence-corrected chi connectivity index (χ1v) is 16.2. The Kier molecular flexibility index (Phi) is 14.7. The van der Waals surface area contributed by atoms with E-state index < -0.39 is 71.3 Å². The van der Waals surface area contributed by atoms with Gasteiger partial charge in [-0.05, 0) is 31.2 Å². The number of aromatic amines is 1. The minimum absolute atomic E-state index is 0.0343. The topological polar surface area (TPSA) is 234 Å². The fourth-order valence-corrected chi connectivity index (χ4v) is 5.41. The molecule has 15 heteroatoms. The van der Waals surface area contributed by atoms with E-state index in [0.717, 1.165) is 12.0 Å². The van der Waals surface area contributed by atoms with Crippen molar-refractivity contribution in [2.24, 2.45) is 11.7 Å². The zero-order chi connectivity index (χ0) is 35.1. The van der Waals surface area contributed by atoms with Gasteiger partial charge in [0.15, 0.2) is 5.78 Å². The first kappa shape index (κ1) is 37.4. The summed E-state index contributed by atoms with van der Waals surface area (Å²) in [5.41, 5.74) is 6.88. The Hall–Kier alpha value is -5.08. The van der Waals surface area contributed by atoms with Gasteiger partial charge in [0.2, 0.25) is 35.4 Å². The molecular weight excluding hydrogens is 620 g/mol. The molecule has 1 aromatic carbocycles. The van der Waals surface area contributed by atoms with Crippen LogP contribution >= 0.6 is 0 Å². The number of nitrogens with zero attached hydrogens (tertiary/aromatic N) is 1. The molecule has 1 aliphatic heterocycles. The van der Waals surface area contributed by atoms with Crippen LogP contribution in [0.2, 0.25) is 0 Å². The molecule has 15 nitrogen and oxygen atoms in total. The number of rotatable bonds is 11. The Morgan fingerprint density at radius 2 is 1.73 bits per heavy atom. The van der Waals surface area contributed by atoms with Gasteiger partial charge in [-0.25, -0.2) is 4.98 Å². The number of unbranched alkanes of at least 4 members (excludes halogenated alkanes) is 1. The second-order valence-electron chi connectivity index (χ2n) is 12.0. The second-order valence-corrected chi connectivity index (χ2v) is 12.0. The standard InChI is InChI=1S/C33H46N8O7/c1-3-4-10-24(38-20(2)42)31(46)39-25-11-12-29(44)36-14-13-22(30(34)45)16-28(43)26(15-21-8-6-5-7-9-21)40-33(48)27(41-32(25)47)17-23-18-35-19-37-23/h5-9,18-19,22,24-27H,3-4,10-17H2,1-2H3,(H2,34,45)(H,35,37)(H,36,44)(H,38,42)(H,39,46)(H,40,48)(H,41,47)/t22-,24+,25+,26-,27+/m1/s1. The van der Waals surface area contributed by atoms with Crippen molar-refractivity contribution < 1.29 is 33.6 Å². The average molecular weight is 667 g/mol. The molecule has 1 aromatic heterocycles. The molecule has 6 amide bonds. The number of H-pyrrole nitrogens is 1. The summed E-state index contributed by atoms with van der Waals surface area (Å²) < 4.78 is 0. The monoisotopic (exact) mass is 666 g/mol. The lowest BCUT2D eigenvalue weighted by Crippen LogP contribution is -2.58. The van der Waals surface area contributed by atoms with E-state index in [4.69, 9.17) is 5.73 Å². The summed E-state index contributed by atoms with van der Waals surface area (Å²) in [6.07, 6.45) is 4.21. The Morgan fingerprint density at radius 3 is 2.38 bits per heavy atom. The zero-order valence-corrected chi connectivity index (χ0v) is 27.4. The summed E-state index contributed by atoms with van der Waals surface area (Å²) in [5, 5.41) is 13.4. The summed E-state index contributed by atoms with van der Waals surface area (Å²) >= 11 is 0. The summed E-state index contributed by atoms with van der Waals surface area (Å²) in [6.45, 7) is 3.25. The quantitative estimate of drug-likeness (QED) is 0.168. The van der Waals surface area contributed by atoms with E-state index in [1.807, 2.05) is 13.0 Å². The van der Waals surface area contributed by atoms with Crippen LogP contribution in [-0.2, 0) is 46.4 Å². The van der Waals surface area contributed by atoms with Crippen molar-refractivity contribution in [1.29, 1.82) is 0 Å². The number of nitrogens with two attached hydrogens (primary N) is 1. The highest BCUT2D eigenvalue weighted by Crippen LogP contribution is 2.14. The Morgan fingerprint density at radius 1 is 1.00 bits per heavy atom. The SMILES string of the molecule is CCCC[C@H](NC(C)=O)C(=O)N[C@H]1CCC(=O)NCC[C@@H](C(N)=O)CC(=O)[C@@H](Cc2ccccc2)NC(=O)[C@H](Cc2cnc[nH]2)NC1=O. The number of benzene rings is 1. The number of ketones is 1. The molecule has 0 unspecified atom stereocenters. The highest BCUT2D eigenvalue weighted by Gasteiger charge is 2.33. The van der Waals surface area contributed by atoms with Crippen LogP contribution < -0.4 is 32.3 Å². The highest BCUT2D eigenvalue weighted by atomic mass is 16.2. The van der Waals surface area contributed by atoms with Crippen molar-refractivity contribution in [3.8, 4) is 0 Å². The third-order valence-corrected chi connectivity index (χ3v) is 8.10. The van der Waals surface area contributed by atoms with Crippen molar-refractivity contribution in [3.63, 3.8) is 0 Å². The third kappa shape index (κ3) is 12.3. The molecule has 1 aliphatic rings. The predicted octanol–water partition coefficient (Wildman–Crippen LogP) is -0.295. The summed E-state index contributed by atoms with van der Waals surface area (Å²) in [7, 11) is 0. The lowest BCUT2D eigenvalue weighted by atomic mass is 9.91. The average Bonchev–Trinajstić information content (AvgIpc) is 3.56. The van der Waals surface area contributed by atoms with Gasteiger partial charge in [0.05, 0.1) is 12.4 Å². The molecule has 48 heavy (non-hydrogen) atoms. The van der Waals surface area contributed by atoms with E-state index in [0.29, 0.717) is 18.5 Å². The lowest BCUT2D eigenvalue weighted by Gasteiger charge is -2.27. The van der Waals surface area contributed by atoms with E-state index >= 15 is 0 Å². The number of carbonyl (C=O) groups is 7. The summed E-state index contributed by atoms with van der Waals surface area (Å²) in [5.74, 6) is -4.96. The number of imidazole rings is 1. The molecule has 2 heterocycles. The maximum atomic E-state index is 13.9. The van der Waals surface area contributed by atoms with Crippen LogP contribution in [0, 0.1) is 5.92 Å². The first-order chi connectivity index (χ1) is 23.0. The van der Waals surface area contributed by atoms with Gasteiger partial charge < -0.3 is 37.3 Å². The molecule has 1 fully saturated rings. The number of amides is 6. The van der Waals surface area contributed by atoms with E-state index in [1.165, 1.54) is 19.4 Å². The molecule has 2 aromatic rings. The van der Waals surface area contributed by atoms with E-state index in [1.54, 1.807) is 24.3 Å². The third-order valence-electron chi connectivity index (χ3n) is 8.10. The van der Waals surface area contributed by atoms with Gasteiger partial charge >= 0.3 is 0 Å². The van der Waals surface area contributed by atoms with Gasteiger partial charge in [0.1, 0.15) is 18.1 Å². The molecule has 0 aliphatic carbocycles. The van der Waals surface area contributed by atoms with Gasteiger partial charge in [-0.1, -0.05) is 50.1 Å². The van der Waals surface area contributed by atoms with Crippen LogP contribution in [-0.4, -0.2) is 81.9 Å². The number of aromatic nitrogens is 2. The molecule has 8 N–H and O–H groups in total. The van der Waals surface area contributed by atoms with Crippen LogP contribution in [0.15, 0.2) is 42.9 Å². The smallest absolute Gasteiger partial charge is 0.243 e. The number of hydrogen-bond donors (Lipinski definition) is 7. The second kappa shape index (κ2) is 18.9. The van der Waals surface area contributed by atoms with Crippen molar-refractivity contribution in [2.45, 2.75) is 95.8 Å². The van der Waals surface area contributed by atoms with E-state index in [9.17, 15) is 33.6 Å². The Balaban J connectivity index is 1.96. The zero-order valence-electron chi connectivity index (χ0n) is 27.4. The molecule has 260 valence electrons. The minimum Gasteiger partial charge on any atom is -0.369 e. The fourth-order valence-electron chi connectivity index (χ4n) is 5.41. The van der Waals surface area contributed by atoms with Gasteiger partial charge in [-0.3, -0.25) is 33.6 Å². The van der Waals surface area contributed by atoms with E-state index in [-0.39, 0.29) is 45.1 Å². The van der Waals surface area contributed by atoms with Gasteiger partial charge in [-0.15, -0.1) is 0 Å². The molecule has 0 radical (unpaired) electrons. The van der Waals surface area contributed by atoms with Crippen molar-refractivity contribution in [2.75, 3.05) is 6.54 Å². The number of Topliss-reactive ketones (excluding diaryl/α,β-unsaturated/α-hetero) is 1.